The van der Waals surface area contributed by atoms with E-state index in [1.54, 1.807) is 0 Å². The smallest absolute Gasteiger partial charge is 0.409 e. The Labute approximate surface area is 132 Å². The fraction of sp³-hybridized carbons (Fsp3) is 0.667. The lowest BCUT2D eigenvalue weighted by atomic mass is 9.87. The van der Waals surface area contributed by atoms with Gasteiger partial charge >= 0.3 is 6.09 Å². The fourth-order valence-electron chi connectivity index (χ4n) is 3.66. The van der Waals surface area contributed by atoms with E-state index in [4.69, 9.17) is 4.74 Å². The zero-order valence-corrected chi connectivity index (χ0v) is 14.6. The Kier molecular flexibility index (Phi) is 3.61. The predicted octanol–water partition coefficient (Wildman–Crippen LogP) is 4.29. The van der Waals surface area contributed by atoms with Gasteiger partial charge in [0.1, 0.15) is 0 Å². The van der Waals surface area contributed by atoms with Gasteiger partial charge in [-0.05, 0) is 52.2 Å². The average Bonchev–Trinajstić information content (AvgIpc) is 2.76. The number of hydrogen-bond acceptors (Lipinski definition) is 3. The second-order valence-electron chi connectivity index (χ2n) is 6.27. The molecule has 0 bridgehead atoms. The third kappa shape index (κ3) is 2.19. The van der Waals surface area contributed by atoms with Crippen LogP contribution >= 0.6 is 27.3 Å². The topological polar surface area (TPSA) is 29.5 Å². The molecule has 1 aromatic heterocycles. The number of amides is 1. The van der Waals surface area contributed by atoms with Gasteiger partial charge < -0.3 is 9.64 Å². The van der Waals surface area contributed by atoms with Gasteiger partial charge in [0.25, 0.3) is 0 Å². The van der Waals surface area contributed by atoms with E-state index >= 15 is 0 Å². The van der Waals surface area contributed by atoms with Crippen LogP contribution in [0.4, 0.5) is 4.79 Å². The van der Waals surface area contributed by atoms with Crippen LogP contribution in [-0.2, 0) is 16.6 Å². The molecule has 1 aliphatic carbocycles. The SMILES string of the molecule is CCOC(=O)N1CCc2sc(Br)c3c2[C@H](C1)CC3(C)C. The summed E-state index contributed by atoms with van der Waals surface area (Å²) in [5.41, 5.74) is 3.19. The number of carbonyl (C=O) groups excluding carboxylic acids is 1. The lowest BCUT2D eigenvalue weighted by Gasteiger charge is -2.24. The molecule has 0 unspecified atom stereocenters. The predicted molar refractivity (Wildman–Crippen MR) is 84.7 cm³/mol. The molecule has 0 N–H and O–H groups in total. The highest BCUT2D eigenvalue weighted by atomic mass is 79.9. The van der Waals surface area contributed by atoms with Crippen molar-refractivity contribution in [2.24, 2.45) is 0 Å². The van der Waals surface area contributed by atoms with Gasteiger partial charge in [-0.15, -0.1) is 11.3 Å². The molecule has 2 aliphatic rings. The first kappa shape index (κ1) is 14.4. The molecular formula is C15H20BrNO2S. The van der Waals surface area contributed by atoms with Crippen LogP contribution < -0.4 is 0 Å². The van der Waals surface area contributed by atoms with E-state index in [1.807, 2.05) is 23.2 Å². The number of halogens is 1. The maximum atomic E-state index is 12.0. The van der Waals surface area contributed by atoms with Crippen LogP contribution in [0.5, 0.6) is 0 Å². The van der Waals surface area contributed by atoms with Gasteiger partial charge in [-0.1, -0.05) is 13.8 Å². The molecule has 1 atom stereocenters. The molecule has 0 aromatic carbocycles. The molecule has 5 heteroatoms. The standard InChI is InChI=1S/C15H20BrNO2S/c1-4-19-14(18)17-6-5-10-11-9(8-17)7-15(2,3)12(11)13(16)20-10/h9H,4-8H2,1-3H3/t9-/m0/s1. The van der Waals surface area contributed by atoms with Crippen molar-refractivity contribution in [1.29, 1.82) is 0 Å². The fourth-order valence-corrected chi connectivity index (χ4v) is 6.27. The summed E-state index contributed by atoms with van der Waals surface area (Å²) in [5, 5.41) is 0. The van der Waals surface area contributed by atoms with E-state index in [9.17, 15) is 4.79 Å². The number of carbonyl (C=O) groups is 1. The van der Waals surface area contributed by atoms with E-state index in [-0.39, 0.29) is 11.5 Å². The van der Waals surface area contributed by atoms with E-state index in [1.165, 1.54) is 19.8 Å². The molecule has 2 heterocycles. The van der Waals surface area contributed by atoms with E-state index < -0.39 is 0 Å². The molecular weight excluding hydrogens is 338 g/mol. The molecule has 0 radical (unpaired) electrons. The Bertz CT molecular complexity index is 552. The molecule has 1 aromatic rings. The molecule has 1 amide bonds. The maximum absolute atomic E-state index is 12.0. The van der Waals surface area contributed by atoms with Crippen LogP contribution in [0, 0.1) is 0 Å². The van der Waals surface area contributed by atoms with Crippen LogP contribution in [0.3, 0.4) is 0 Å². The van der Waals surface area contributed by atoms with Crippen molar-refractivity contribution in [2.75, 3.05) is 19.7 Å². The molecule has 3 nitrogen and oxygen atoms in total. The largest absolute Gasteiger partial charge is 0.450 e. The first-order valence-corrected chi connectivity index (χ1v) is 8.78. The summed E-state index contributed by atoms with van der Waals surface area (Å²) in [6, 6.07) is 0. The second kappa shape index (κ2) is 5.02. The summed E-state index contributed by atoms with van der Waals surface area (Å²) in [5.74, 6) is 0.462. The summed E-state index contributed by atoms with van der Waals surface area (Å²) in [4.78, 5) is 15.4. The monoisotopic (exact) mass is 357 g/mol. The molecule has 0 saturated carbocycles. The van der Waals surface area contributed by atoms with Crippen LogP contribution in [0.1, 0.15) is 49.1 Å². The molecule has 3 rings (SSSR count). The van der Waals surface area contributed by atoms with Crippen LogP contribution in [0.2, 0.25) is 0 Å². The Hall–Kier alpha value is -0.550. The van der Waals surface area contributed by atoms with Crippen molar-refractivity contribution < 1.29 is 9.53 Å². The number of nitrogens with zero attached hydrogens (tertiary/aromatic N) is 1. The number of rotatable bonds is 1. The number of thiophene rings is 1. The summed E-state index contributed by atoms with van der Waals surface area (Å²) >= 11 is 5.60. The first-order valence-electron chi connectivity index (χ1n) is 7.17. The zero-order chi connectivity index (χ0) is 14.5. The van der Waals surface area contributed by atoms with E-state index in [2.05, 4.69) is 29.8 Å². The van der Waals surface area contributed by atoms with Crippen LogP contribution in [0.15, 0.2) is 3.79 Å². The van der Waals surface area contributed by atoms with Gasteiger partial charge in [0.2, 0.25) is 0 Å². The van der Waals surface area contributed by atoms with E-state index in [0.717, 1.165) is 25.9 Å². The number of ether oxygens (including phenoxy) is 1. The summed E-state index contributed by atoms with van der Waals surface area (Å²) < 4.78 is 6.47. The highest BCUT2D eigenvalue weighted by molar-refractivity contribution is 9.11. The van der Waals surface area contributed by atoms with Gasteiger partial charge in [0, 0.05) is 23.9 Å². The van der Waals surface area contributed by atoms with Gasteiger partial charge in [-0.2, -0.15) is 0 Å². The quantitative estimate of drug-likeness (QED) is 0.750. The number of hydrogen-bond donors (Lipinski definition) is 0. The Morgan fingerprint density at radius 1 is 1.55 bits per heavy atom. The first-order chi connectivity index (χ1) is 9.44. The van der Waals surface area contributed by atoms with Crippen molar-refractivity contribution in [3.8, 4) is 0 Å². The Morgan fingerprint density at radius 3 is 3.00 bits per heavy atom. The van der Waals surface area contributed by atoms with Gasteiger partial charge in [0.05, 0.1) is 10.4 Å². The molecule has 0 fully saturated rings. The van der Waals surface area contributed by atoms with E-state index in [0.29, 0.717) is 12.5 Å². The highest BCUT2D eigenvalue weighted by Gasteiger charge is 2.44. The summed E-state index contributed by atoms with van der Waals surface area (Å²) in [6.07, 6.45) is 1.91. The molecule has 0 saturated heterocycles. The summed E-state index contributed by atoms with van der Waals surface area (Å²) in [7, 11) is 0. The Morgan fingerprint density at radius 2 is 2.30 bits per heavy atom. The molecule has 0 spiro atoms. The minimum absolute atomic E-state index is 0.159. The maximum Gasteiger partial charge on any atom is 0.409 e. The lowest BCUT2D eigenvalue weighted by molar-refractivity contribution is 0.105. The lowest BCUT2D eigenvalue weighted by Crippen LogP contribution is -2.35. The Balaban J connectivity index is 1.93. The van der Waals surface area contributed by atoms with Gasteiger partial charge in [-0.25, -0.2) is 4.79 Å². The second-order valence-corrected chi connectivity index (χ2v) is 8.69. The van der Waals surface area contributed by atoms with Crippen molar-refractivity contribution in [1.82, 2.24) is 4.90 Å². The van der Waals surface area contributed by atoms with Crippen molar-refractivity contribution >= 4 is 33.4 Å². The van der Waals surface area contributed by atoms with Crippen molar-refractivity contribution in [3.63, 3.8) is 0 Å². The molecule has 20 heavy (non-hydrogen) atoms. The normalized spacial score (nSPS) is 23.4. The zero-order valence-electron chi connectivity index (χ0n) is 12.2. The minimum atomic E-state index is -0.159. The molecule has 110 valence electrons. The van der Waals surface area contributed by atoms with Crippen molar-refractivity contribution in [2.45, 2.75) is 44.9 Å². The third-order valence-corrected chi connectivity index (χ3v) is 6.33. The molecule has 1 aliphatic heterocycles. The minimum Gasteiger partial charge on any atom is -0.450 e. The van der Waals surface area contributed by atoms with Gasteiger partial charge in [-0.3, -0.25) is 0 Å². The third-order valence-electron chi connectivity index (χ3n) is 4.40. The average molecular weight is 358 g/mol. The van der Waals surface area contributed by atoms with Crippen molar-refractivity contribution in [3.05, 3.63) is 19.8 Å². The van der Waals surface area contributed by atoms with Crippen LogP contribution in [0.25, 0.3) is 0 Å². The summed E-state index contributed by atoms with van der Waals surface area (Å²) in [6.45, 7) is 8.50. The highest BCUT2D eigenvalue weighted by Crippen LogP contribution is 2.54. The van der Waals surface area contributed by atoms with Gasteiger partial charge in [0.15, 0.2) is 0 Å². The van der Waals surface area contributed by atoms with Crippen LogP contribution in [-0.4, -0.2) is 30.7 Å².